The maximum atomic E-state index is 13.4. The molecule has 1 aromatic carbocycles. The van der Waals surface area contributed by atoms with E-state index in [1.165, 1.54) is 10.9 Å². The second kappa shape index (κ2) is 5.26. The molecule has 0 atom stereocenters. The van der Waals surface area contributed by atoms with Gasteiger partial charge in [-0.05, 0) is 18.2 Å². The first-order valence-corrected chi connectivity index (χ1v) is 5.77. The van der Waals surface area contributed by atoms with E-state index in [0.717, 1.165) is 12.1 Å². The first-order valence-electron chi connectivity index (χ1n) is 4.98. The Bertz CT molecular complexity index is 549. The van der Waals surface area contributed by atoms with E-state index in [2.05, 4.69) is 26.3 Å². The fourth-order valence-electron chi connectivity index (χ4n) is 1.38. The van der Waals surface area contributed by atoms with Crippen LogP contribution in [0.25, 0.3) is 0 Å². The second-order valence-corrected chi connectivity index (χ2v) is 4.41. The van der Waals surface area contributed by atoms with Crippen LogP contribution in [-0.4, -0.2) is 15.7 Å². The van der Waals surface area contributed by atoms with E-state index in [9.17, 15) is 13.6 Å². The third-order valence-electron chi connectivity index (χ3n) is 2.14. The molecule has 0 bridgehead atoms. The van der Waals surface area contributed by atoms with Gasteiger partial charge in [-0.25, -0.2) is 8.78 Å². The summed E-state index contributed by atoms with van der Waals surface area (Å²) in [5.74, 6) is -2.23. The number of aromatic nitrogens is 2. The SMILES string of the molecule is O=C(Cn1cccn1)Nc1c(F)cc(Br)cc1F. The summed E-state index contributed by atoms with van der Waals surface area (Å²) in [6, 6.07) is 3.80. The third-order valence-corrected chi connectivity index (χ3v) is 2.59. The van der Waals surface area contributed by atoms with Gasteiger partial charge in [-0.15, -0.1) is 0 Å². The minimum absolute atomic E-state index is 0.109. The number of nitrogens with zero attached hydrogens (tertiary/aromatic N) is 2. The van der Waals surface area contributed by atoms with E-state index in [0.29, 0.717) is 0 Å². The smallest absolute Gasteiger partial charge is 0.246 e. The van der Waals surface area contributed by atoms with Gasteiger partial charge in [0.05, 0.1) is 0 Å². The van der Waals surface area contributed by atoms with Crippen molar-refractivity contribution in [2.45, 2.75) is 6.54 Å². The maximum absolute atomic E-state index is 13.4. The second-order valence-electron chi connectivity index (χ2n) is 3.50. The van der Waals surface area contributed by atoms with Crippen LogP contribution in [0.1, 0.15) is 0 Å². The van der Waals surface area contributed by atoms with Crippen LogP contribution in [0.5, 0.6) is 0 Å². The standard InChI is InChI=1S/C11H8BrF2N3O/c12-7-4-8(13)11(9(14)5-7)16-10(18)6-17-3-1-2-15-17/h1-5H,6H2,(H,16,18). The zero-order valence-corrected chi connectivity index (χ0v) is 10.6. The van der Waals surface area contributed by atoms with Crippen LogP contribution in [0.4, 0.5) is 14.5 Å². The molecule has 0 fully saturated rings. The molecule has 94 valence electrons. The van der Waals surface area contributed by atoms with Crippen molar-refractivity contribution in [3.63, 3.8) is 0 Å². The number of benzene rings is 1. The van der Waals surface area contributed by atoms with Crippen LogP contribution in [0.2, 0.25) is 0 Å². The monoisotopic (exact) mass is 315 g/mol. The Labute approximate surface area is 110 Å². The van der Waals surface area contributed by atoms with Gasteiger partial charge in [0.25, 0.3) is 0 Å². The molecule has 2 rings (SSSR count). The lowest BCUT2D eigenvalue weighted by Gasteiger charge is -2.08. The Morgan fingerprint density at radius 1 is 1.39 bits per heavy atom. The molecule has 4 nitrogen and oxygen atoms in total. The zero-order valence-electron chi connectivity index (χ0n) is 9.03. The fourth-order valence-corrected chi connectivity index (χ4v) is 1.78. The lowest BCUT2D eigenvalue weighted by Crippen LogP contribution is -2.20. The molecule has 0 aliphatic carbocycles. The van der Waals surface area contributed by atoms with E-state index in [1.807, 2.05) is 0 Å². The molecule has 1 N–H and O–H groups in total. The van der Waals surface area contributed by atoms with Crippen molar-refractivity contribution >= 4 is 27.5 Å². The van der Waals surface area contributed by atoms with Gasteiger partial charge < -0.3 is 5.32 Å². The van der Waals surface area contributed by atoms with E-state index < -0.39 is 23.2 Å². The summed E-state index contributed by atoms with van der Waals surface area (Å²) in [5.41, 5.74) is -0.463. The summed E-state index contributed by atoms with van der Waals surface area (Å²) in [7, 11) is 0. The average Bonchev–Trinajstić information content (AvgIpc) is 2.76. The van der Waals surface area contributed by atoms with Crippen molar-refractivity contribution in [2.24, 2.45) is 0 Å². The van der Waals surface area contributed by atoms with Gasteiger partial charge in [-0.2, -0.15) is 5.10 Å². The summed E-state index contributed by atoms with van der Waals surface area (Å²) in [6.45, 7) is -0.109. The van der Waals surface area contributed by atoms with E-state index in [-0.39, 0.29) is 11.0 Å². The highest BCUT2D eigenvalue weighted by Gasteiger charge is 2.13. The Balaban J connectivity index is 2.12. The number of hydrogen-bond donors (Lipinski definition) is 1. The number of rotatable bonds is 3. The molecule has 0 spiro atoms. The summed E-state index contributed by atoms with van der Waals surface area (Å²) < 4.78 is 28.5. The van der Waals surface area contributed by atoms with Crippen LogP contribution in [-0.2, 0) is 11.3 Å². The highest BCUT2D eigenvalue weighted by atomic mass is 79.9. The molecule has 1 heterocycles. The molecule has 0 aliphatic rings. The third kappa shape index (κ3) is 2.92. The van der Waals surface area contributed by atoms with Crippen molar-refractivity contribution in [3.05, 3.63) is 46.7 Å². The molecule has 2 aromatic rings. The lowest BCUT2D eigenvalue weighted by molar-refractivity contribution is -0.116. The first-order chi connectivity index (χ1) is 8.56. The van der Waals surface area contributed by atoms with Crippen molar-refractivity contribution in [2.75, 3.05) is 5.32 Å². The van der Waals surface area contributed by atoms with Gasteiger partial charge in [-0.1, -0.05) is 15.9 Å². The predicted molar refractivity (Wildman–Crippen MR) is 64.9 cm³/mol. The highest BCUT2D eigenvalue weighted by Crippen LogP contribution is 2.23. The predicted octanol–water partition coefficient (Wildman–Crippen LogP) is 2.56. The van der Waals surface area contributed by atoms with E-state index >= 15 is 0 Å². The van der Waals surface area contributed by atoms with Crippen LogP contribution in [0, 0.1) is 11.6 Å². The Morgan fingerprint density at radius 3 is 2.61 bits per heavy atom. The summed E-state index contributed by atoms with van der Waals surface area (Å²) in [5, 5.41) is 5.99. The molecule has 0 aliphatic heterocycles. The summed E-state index contributed by atoms with van der Waals surface area (Å²) in [6.07, 6.45) is 3.09. The molecule has 7 heteroatoms. The number of nitrogens with one attached hydrogen (secondary N) is 1. The molecule has 1 amide bonds. The molecular formula is C11H8BrF2N3O. The van der Waals surface area contributed by atoms with Gasteiger partial charge in [0.1, 0.15) is 12.2 Å². The maximum Gasteiger partial charge on any atom is 0.246 e. The van der Waals surface area contributed by atoms with Gasteiger partial charge in [0.2, 0.25) is 5.91 Å². The summed E-state index contributed by atoms with van der Waals surface area (Å²) >= 11 is 2.96. The Morgan fingerprint density at radius 2 is 2.06 bits per heavy atom. The molecular weight excluding hydrogens is 308 g/mol. The number of carbonyl (C=O) groups is 1. The Kier molecular flexibility index (Phi) is 3.71. The molecule has 0 saturated heterocycles. The van der Waals surface area contributed by atoms with E-state index in [1.54, 1.807) is 12.3 Å². The fraction of sp³-hybridized carbons (Fsp3) is 0.0909. The minimum atomic E-state index is -0.837. The topological polar surface area (TPSA) is 46.9 Å². The van der Waals surface area contributed by atoms with Crippen molar-refractivity contribution in [1.29, 1.82) is 0 Å². The van der Waals surface area contributed by atoms with Crippen LogP contribution in [0.3, 0.4) is 0 Å². The van der Waals surface area contributed by atoms with Gasteiger partial charge in [-0.3, -0.25) is 9.48 Å². The van der Waals surface area contributed by atoms with Gasteiger partial charge >= 0.3 is 0 Å². The van der Waals surface area contributed by atoms with Gasteiger partial charge in [0, 0.05) is 16.9 Å². The van der Waals surface area contributed by atoms with Crippen LogP contribution in [0.15, 0.2) is 35.1 Å². The number of anilines is 1. The largest absolute Gasteiger partial charge is 0.320 e. The number of amides is 1. The summed E-state index contributed by atoms with van der Waals surface area (Å²) in [4.78, 5) is 11.6. The molecule has 0 saturated carbocycles. The normalized spacial score (nSPS) is 10.4. The molecule has 1 aromatic heterocycles. The molecule has 0 radical (unpaired) electrons. The molecule has 0 unspecified atom stereocenters. The first kappa shape index (κ1) is 12.7. The zero-order chi connectivity index (χ0) is 13.1. The van der Waals surface area contributed by atoms with Gasteiger partial charge in [0.15, 0.2) is 11.6 Å². The number of carbonyl (C=O) groups excluding carboxylic acids is 1. The van der Waals surface area contributed by atoms with Crippen molar-refractivity contribution < 1.29 is 13.6 Å². The average molecular weight is 316 g/mol. The van der Waals surface area contributed by atoms with Crippen molar-refractivity contribution in [3.8, 4) is 0 Å². The quantitative estimate of drug-likeness (QED) is 0.946. The number of hydrogen-bond acceptors (Lipinski definition) is 2. The van der Waals surface area contributed by atoms with Crippen LogP contribution < -0.4 is 5.32 Å². The minimum Gasteiger partial charge on any atom is -0.320 e. The Hall–Kier alpha value is -1.76. The van der Waals surface area contributed by atoms with E-state index in [4.69, 9.17) is 0 Å². The van der Waals surface area contributed by atoms with Crippen molar-refractivity contribution in [1.82, 2.24) is 9.78 Å². The molecule has 18 heavy (non-hydrogen) atoms. The highest BCUT2D eigenvalue weighted by molar-refractivity contribution is 9.10. The lowest BCUT2D eigenvalue weighted by atomic mass is 10.3. The number of halogens is 3. The van der Waals surface area contributed by atoms with Crippen LogP contribution >= 0.6 is 15.9 Å².